The Labute approximate surface area is 167 Å². The summed E-state index contributed by atoms with van der Waals surface area (Å²) in [7, 11) is -3.76. The second-order valence-corrected chi connectivity index (χ2v) is 8.22. The van der Waals surface area contributed by atoms with Crippen LogP contribution < -0.4 is 4.72 Å². The van der Waals surface area contributed by atoms with E-state index in [9.17, 15) is 12.8 Å². The van der Waals surface area contributed by atoms with Gasteiger partial charge in [-0.25, -0.2) is 17.5 Å². The second-order valence-electron chi connectivity index (χ2n) is 5.64. The van der Waals surface area contributed by atoms with E-state index in [0.29, 0.717) is 11.4 Å². The number of fused-ring (bicyclic) bond motifs is 1. The van der Waals surface area contributed by atoms with E-state index in [-0.39, 0.29) is 34.7 Å². The minimum absolute atomic E-state index is 0. The van der Waals surface area contributed by atoms with Crippen LogP contribution in [0.2, 0.25) is 10.0 Å². The molecule has 3 rings (SSSR count). The molecule has 0 fully saturated rings. The quantitative estimate of drug-likeness (QED) is 0.598. The fourth-order valence-electron chi connectivity index (χ4n) is 2.76. The Bertz CT molecular complexity index is 1050. The van der Waals surface area contributed by atoms with Gasteiger partial charge in [0.2, 0.25) is 10.0 Å². The van der Waals surface area contributed by atoms with Gasteiger partial charge in [-0.3, -0.25) is 0 Å². The third-order valence-electron chi connectivity index (χ3n) is 3.93. The Hall–Kier alpha value is -1.31. The summed E-state index contributed by atoms with van der Waals surface area (Å²) in [5.41, 5.74) is 2.57. The first-order valence-electron chi connectivity index (χ1n) is 7.49. The molecular formula is C17H16Cl3FN2O2S. The highest BCUT2D eigenvalue weighted by Crippen LogP contribution is 2.26. The molecular weight excluding hydrogens is 422 g/mol. The molecule has 2 N–H and O–H groups in total. The summed E-state index contributed by atoms with van der Waals surface area (Å²) >= 11 is 11.8. The van der Waals surface area contributed by atoms with Gasteiger partial charge >= 0.3 is 0 Å². The molecule has 3 aromatic rings. The van der Waals surface area contributed by atoms with Gasteiger partial charge < -0.3 is 4.98 Å². The first-order valence-corrected chi connectivity index (χ1v) is 9.73. The van der Waals surface area contributed by atoms with Crippen molar-refractivity contribution in [2.45, 2.75) is 18.2 Å². The standard InChI is InChI=1S/C17H15Cl2FN2O2S.ClH/c1-10-13(14-9-12(20)3-4-16(14)22-10)6-7-21-25(23,24)17-5-2-11(18)8-15(17)19;/h2-5,8-9,21-22H,6-7H2,1H3;1H. The molecule has 26 heavy (non-hydrogen) atoms. The highest BCUT2D eigenvalue weighted by Gasteiger charge is 2.18. The monoisotopic (exact) mass is 436 g/mol. The SMILES string of the molecule is Cc1[nH]c2ccc(F)cc2c1CCNS(=O)(=O)c1ccc(Cl)cc1Cl.Cl. The highest BCUT2D eigenvalue weighted by atomic mass is 35.5. The van der Waals surface area contributed by atoms with E-state index in [0.717, 1.165) is 22.2 Å². The number of hydrogen-bond donors (Lipinski definition) is 2. The number of aromatic amines is 1. The van der Waals surface area contributed by atoms with E-state index in [1.165, 1.54) is 30.3 Å². The van der Waals surface area contributed by atoms with Gasteiger partial charge in [-0.05, 0) is 55.3 Å². The predicted octanol–water partition coefficient (Wildman–Crippen LogP) is 4.87. The molecule has 0 aliphatic heterocycles. The van der Waals surface area contributed by atoms with Gasteiger partial charge in [-0.2, -0.15) is 0 Å². The van der Waals surface area contributed by atoms with Crippen LogP contribution in [-0.2, 0) is 16.4 Å². The number of halogens is 4. The maximum Gasteiger partial charge on any atom is 0.242 e. The van der Waals surface area contributed by atoms with Gasteiger partial charge in [0.15, 0.2) is 0 Å². The average Bonchev–Trinajstić information content (AvgIpc) is 2.82. The lowest BCUT2D eigenvalue weighted by Gasteiger charge is -2.09. The fourth-order valence-corrected chi connectivity index (χ4v) is 4.56. The number of hydrogen-bond acceptors (Lipinski definition) is 2. The predicted molar refractivity (Wildman–Crippen MR) is 106 cm³/mol. The molecule has 1 aromatic heterocycles. The lowest BCUT2D eigenvalue weighted by Crippen LogP contribution is -2.26. The van der Waals surface area contributed by atoms with Gasteiger partial charge in [0.25, 0.3) is 0 Å². The van der Waals surface area contributed by atoms with Gasteiger partial charge in [0, 0.05) is 28.2 Å². The zero-order valence-electron chi connectivity index (χ0n) is 13.6. The van der Waals surface area contributed by atoms with Gasteiger partial charge in [-0.1, -0.05) is 23.2 Å². The van der Waals surface area contributed by atoms with E-state index in [1.807, 2.05) is 6.92 Å². The Morgan fingerprint density at radius 1 is 1.15 bits per heavy atom. The summed E-state index contributed by atoms with van der Waals surface area (Å²) in [6.07, 6.45) is 0.416. The molecule has 0 bridgehead atoms. The first kappa shape index (κ1) is 21.0. The van der Waals surface area contributed by atoms with Crippen LogP contribution in [0.25, 0.3) is 10.9 Å². The molecule has 0 unspecified atom stereocenters. The van der Waals surface area contributed by atoms with E-state index in [2.05, 4.69) is 9.71 Å². The number of H-pyrrole nitrogens is 1. The summed E-state index contributed by atoms with van der Waals surface area (Å²) in [6.45, 7) is 2.03. The molecule has 4 nitrogen and oxygen atoms in total. The maximum atomic E-state index is 13.5. The van der Waals surface area contributed by atoms with Crippen LogP contribution >= 0.6 is 35.6 Å². The van der Waals surface area contributed by atoms with Crippen molar-refractivity contribution in [1.29, 1.82) is 0 Å². The Morgan fingerprint density at radius 3 is 2.58 bits per heavy atom. The van der Waals surface area contributed by atoms with Crippen LogP contribution in [-0.4, -0.2) is 19.9 Å². The largest absolute Gasteiger partial charge is 0.358 e. The molecule has 2 aromatic carbocycles. The molecule has 0 saturated carbocycles. The van der Waals surface area contributed by atoms with Crippen molar-refractivity contribution < 1.29 is 12.8 Å². The van der Waals surface area contributed by atoms with Crippen molar-refractivity contribution in [3.63, 3.8) is 0 Å². The second kappa shape index (κ2) is 8.15. The lowest BCUT2D eigenvalue weighted by atomic mass is 10.1. The zero-order chi connectivity index (χ0) is 18.2. The van der Waals surface area contributed by atoms with Crippen LogP contribution in [0.15, 0.2) is 41.3 Å². The topological polar surface area (TPSA) is 62.0 Å². The molecule has 0 amide bonds. The molecule has 0 aliphatic carbocycles. The van der Waals surface area contributed by atoms with E-state index in [4.69, 9.17) is 23.2 Å². The van der Waals surface area contributed by atoms with Crippen LogP contribution in [0, 0.1) is 12.7 Å². The summed E-state index contributed by atoms with van der Waals surface area (Å²) < 4.78 is 40.8. The van der Waals surface area contributed by atoms with Crippen molar-refractivity contribution in [1.82, 2.24) is 9.71 Å². The summed E-state index contributed by atoms with van der Waals surface area (Å²) in [6, 6.07) is 8.70. The molecule has 0 radical (unpaired) electrons. The fraction of sp³-hybridized carbons (Fsp3) is 0.176. The van der Waals surface area contributed by atoms with E-state index >= 15 is 0 Å². The number of aryl methyl sites for hydroxylation is 1. The highest BCUT2D eigenvalue weighted by molar-refractivity contribution is 7.89. The molecule has 0 spiro atoms. The Balaban J connectivity index is 0.00000243. The van der Waals surface area contributed by atoms with Crippen molar-refractivity contribution in [2.75, 3.05) is 6.54 Å². The minimum atomic E-state index is -3.76. The number of rotatable bonds is 5. The van der Waals surface area contributed by atoms with Gasteiger partial charge in [-0.15, -0.1) is 12.4 Å². The average molecular weight is 438 g/mol. The molecule has 0 aliphatic rings. The third-order valence-corrected chi connectivity index (χ3v) is 6.11. The summed E-state index contributed by atoms with van der Waals surface area (Å²) in [5.74, 6) is -0.332. The van der Waals surface area contributed by atoms with Crippen LogP contribution in [0.5, 0.6) is 0 Å². The van der Waals surface area contributed by atoms with Crippen LogP contribution in [0.4, 0.5) is 4.39 Å². The lowest BCUT2D eigenvalue weighted by molar-refractivity contribution is 0.581. The van der Waals surface area contributed by atoms with E-state index < -0.39 is 10.0 Å². The van der Waals surface area contributed by atoms with Crippen LogP contribution in [0.1, 0.15) is 11.3 Å². The van der Waals surface area contributed by atoms with Crippen molar-refractivity contribution in [2.24, 2.45) is 0 Å². The Kier molecular flexibility index (Phi) is 6.58. The molecule has 140 valence electrons. The summed E-state index contributed by atoms with van der Waals surface area (Å²) in [5, 5.41) is 1.17. The van der Waals surface area contributed by atoms with Gasteiger partial charge in [0.05, 0.1) is 5.02 Å². The zero-order valence-corrected chi connectivity index (χ0v) is 16.8. The molecule has 0 saturated heterocycles. The van der Waals surface area contributed by atoms with Crippen molar-refractivity contribution in [3.05, 3.63) is 63.5 Å². The maximum absolute atomic E-state index is 13.5. The first-order chi connectivity index (χ1) is 11.8. The minimum Gasteiger partial charge on any atom is -0.358 e. The normalized spacial score (nSPS) is 11.5. The molecule has 1 heterocycles. The van der Waals surface area contributed by atoms with E-state index in [1.54, 1.807) is 6.07 Å². The van der Waals surface area contributed by atoms with Crippen molar-refractivity contribution in [3.8, 4) is 0 Å². The number of aromatic nitrogens is 1. The number of benzene rings is 2. The van der Waals surface area contributed by atoms with Crippen LogP contribution in [0.3, 0.4) is 0 Å². The summed E-state index contributed by atoms with van der Waals surface area (Å²) in [4.78, 5) is 3.14. The molecule has 9 heteroatoms. The number of sulfonamides is 1. The smallest absolute Gasteiger partial charge is 0.242 e. The third kappa shape index (κ3) is 4.32. The van der Waals surface area contributed by atoms with Gasteiger partial charge in [0.1, 0.15) is 10.7 Å². The Morgan fingerprint density at radius 2 is 1.88 bits per heavy atom. The number of nitrogens with one attached hydrogen (secondary N) is 2. The molecule has 0 atom stereocenters. The van der Waals surface area contributed by atoms with Crippen molar-refractivity contribution >= 4 is 56.5 Å².